The van der Waals surface area contributed by atoms with Crippen LogP contribution in [0.5, 0.6) is 0 Å². The summed E-state index contributed by atoms with van der Waals surface area (Å²) in [4.78, 5) is 10.5. The summed E-state index contributed by atoms with van der Waals surface area (Å²) in [5.41, 5.74) is -0.917. The van der Waals surface area contributed by atoms with Crippen molar-refractivity contribution in [2.24, 2.45) is 0 Å². The van der Waals surface area contributed by atoms with Crippen LogP contribution in [0, 0.1) is 0 Å². The topological polar surface area (TPSA) is 37.3 Å². The van der Waals surface area contributed by atoms with Crippen molar-refractivity contribution in [2.45, 2.75) is 31.8 Å². The van der Waals surface area contributed by atoms with Gasteiger partial charge in [-0.1, -0.05) is 0 Å². The van der Waals surface area contributed by atoms with Crippen molar-refractivity contribution in [2.75, 3.05) is 0 Å². The molecule has 0 aromatic rings. The van der Waals surface area contributed by atoms with E-state index in [2.05, 4.69) is 0 Å². The Morgan fingerprint density at radius 2 is 2.12 bits per heavy atom. The number of hydrogen-bond donors (Lipinski definition) is 1. The van der Waals surface area contributed by atoms with Crippen LogP contribution in [-0.4, -0.2) is 16.5 Å². The smallest absolute Gasteiger partial charge is 0.161 e. The molecule has 0 radical (unpaired) electrons. The second-order valence-electron chi connectivity index (χ2n) is 2.44. The largest absolute Gasteiger partial charge is 0.382 e. The van der Waals surface area contributed by atoms with E-state index in [-0.39, 0.29) is 5.78 Å². The fourth-order valence-electron chi connectivity index (χ4n) is 0.864. The maximum absolute atomic E-state index is 10.5. The van der Waals surface area contributed by atoms with Gasteiger partial charge in [0.15, 0.2) is 5.78 Å². The van der Waals surface area contributed by atoms with Gasteiger partial charge in [0.1, 0.15) is 5.60 Å². The quantitative estimate of drug-likeness (QED) is 0.538. The molecule has 8 heavy (non-hydrogen) atoms. The maximum atomic E-state index is 10.5. The normalized spacial score (nSPS) is 24.2. The highest BCUT2D eigenvalue weighted by Gasteiger charge is 2.38. The van der Waals surface area contributed by atoms with E-state index in [0.717, 1.165) is 6.42 Å². The first-order valence-electron chi connectivity index (χ1n) is 2.88. The van der Waals surface area contributed by atoms with E-state index in [0.29, 0.717) is 12.8 Å². The third-order valence-electron chi connectivity index (χ3n) is 1.84. The van der Waals surface area contributed by atoms with E-state index >= 15 is 0 Å². The summed E-state index contributed by atoms with van der Waals surface area (Å²) in [5.74, 6) is -0.0799. The van der Waals surface area contributed by atoms with E-state index in [1.54, 1.807) is 0 Å². The second-order valence-corrected chi connectivity index (χ2v) is 2.44. The zero-order chi connectivity index (χ0) is 6.20. The van der Waals surface area contributed by atoms with E-state index < -0.39 is 5.60 Å². The highest BCUT2D eigenvalue weighted by Crippen LogP contribution is 2.31. The number of rotatable bonds is 1. The Morgan fingerprint density at radius 3 is 2.12 bits per heavy atom. The Bertz CT molecular complexity index is 114. The van der Waals surface area contributed by atoms with Gasteiger partial charge in [-0.25, -0.2) is 0 Å². The molecule has 0 amide bonds. The molecule has 46 valence electrons. The van der Waals surface area contributed by atoms with Crippen molar-refractivity contribution in [3.05, 3.63) is 0 Å². The van der Waals surface area contributed by atoms with Crippen LogP contribution in [0.3, 0.4) is 0 Å². The molecular weight excluding hydrogens is 104 g/mol. The molecule has 0 unspecified atom stereocenters. The van der Waals surface area contributed by atoms with Gasteiger partial charge >= 0.3 is 0 Å². The van der Waals surface area contributed by atoms with Gasteiger partial charge < -0.3 is 5.11 Å². The molecule has 1 aliphatic rings. The molecule has 2 nitrogen and oxygen atoms in total. The lowest BCUT2D eigenvalue weighted by molar-refractivity contribution is -0.143. The molecule has 1 N–H and O–H groups in total. The van der Waals surface area contributed by atoms with Gasteiger partial charge in [-0.3, -0.25) is 4.79 Å². The Labute approximate surface area is 48.5 Å². The van der Waals surface area contributed by atoms with Gasteiger partial charge in [0.2, 0.25) is 0 Å². The zero-order valence-corrected chi connectivity index (χ0v) is 4.98. The fourth-order valence-corrected chi connectivity index (χ4v) is 0.864. The van der Waals surface area contributed by atoms with Crippen molar-refractivity contribution in [1.82, 2.24) is 0 Å². The van der Waals surface area contributed by atoms with Crippen molar-refractivity contribution < 1.29 is 9.90 Å². The van der Waals surface area contributed by atoms with Crippen LogP contribution in [0.4, 0.5) is 0 Å². The van der Waals surface area contributed by atoms with Gasteiger partial charge in [0.05, 0.1) is 0 Å². The standard InChI is InChI=1S/C6H10O2/c1-5(7)6(8)3-2-4-6/h8H,2-4H2,1H3. The molecule has 0 aliphatic heterocycles. The summed E-state index contributed by atoms with van der Waals surface area (Å²) < 4.78 is 0. The number of hydrogen-bond acceptors (Lipinski definition) is 2. The Morgan fingerprint density at radius 1 is 1.62 bits per heavy atom. The van der Waals surface area contributed by atoms with Gasteiger partial charge in [0.25, 0.3) is 0 Å². The first-order chi connectivity index (χ1) is 3.65. The Balaban J connectivity index is 2.53. The highest BCUT2D eigenvalue weighted by atomic mass is 16.3. The lowest BCUT2D eigenvalue weighted by Gasteiger charge is -2.33. The summed E-state index contributed by atoms with van der Waals surface area (Å²) in [6, 6.07) is 0. The molecule has 0 heterocycles. The van der Waals surface area contributed by atoms with Gasteiger partial charge in [0, 0.05) is 0 Å². The molecule has 0 aromatic carbocycles. The summed E-state index contributed by atoms with van der Waals surface area (Å²) in [6.45, 7) is 1.44. The minimum atomic E-state index is -0.917. The molecule has 0 bridgehead atoms. The predicted octanol–water partition coefficient (Wildman–Crippen LogP) is 0.490. The average Bonchev–Trinajstić information content (AvgIpc) is 1.60. The molecule has 1 saturated carbocycles. The van der Waals surface area contributed by atoms with Crippen LogP contribution in [0.15, 0.2) is 0 Å². The van der Waals surface area contributed by atoms with E-state index in [1.165, 1.54) is 6.92 Å². The fraction of sp³-hybridized carbons (Fsp3) is 0.833. The zero-order valence-electron chi connectivity index (χ0n) is 4.98. The number of carbonyl (C=O) groups is 1. The lowest BCUT2D eigenvalue weighted by atomic mass is 9.78. The maximum Gasteiger partial charge on any atom is 0.161 e. The molecule has 0 spiro atoms. The van der Waals surface area contributed by atoms with Crippen molar-refractivity contribution in [1.29, 1.82) is 0 Å². The summed E-state index contributed by atoms with van der Waals surface area (Å²) in [7, 11) is 0. The molecule has 1 aliphatic carbocycles. The number of aliphatic hydroxyl groups is 1. The van der Waals surface area contributed by atoms with Crippen LogP contribution in [0.1, 0.15) is 26.2 Å². The summed E-state index contributed by atoms with van der Waals surface area (Å²) >= 11 is 0. The van der Waals surface area contributed by atoms with Crippen molar-refractivity contribution in [3.8, 4) is 0 Å². The number of ketones is 1. The van der Waals surface area contributed by atoms with E-state index in [1.807, 2.05) is 0 Å². The number of Topliss-reactive ketones (excluding diaryl/α,β-unsaturated/α-hetero) is 1. The van der Waals surface area contributed by atoms with Crippen LogP contribution < -0.4 is 0 Å². The van der Waals surface area contributed by atoms with E-state index in [9.17, 15) is 4.79 Å². The Kier molecular flexibility index (Phi) is 1.12. The SMILES string of the molecule is CC(=O)C1(O)CCC1. The van der Waals surface area contributed by atoms with E-state index in [4.69, 9.17) is 5.11 Å². The van der Waals surface area contributed by atoms with Crippen LogP contribution >= 0.6 is 0 Å². The molecule has 1 rings (SSSR count). The summed E-state index contributed by atoms with van der Waals surface area (Å²) in [5, 5.41) is 9.14. The summed E-state index contributed by atoms with van der Waals surface area (Å²) in [6.07, 6.45) is 2.33. The monoisotopic (exact) mass is 114 g/mol. The molecule has 0 aromatic heterocycles. The third-order valence-corrected chi connectivity index (χ3v) is 1.84. The first kappa shape index (κ1) is 5.76. The predicted molar refractivity (Wildman–Crippen MR) is 29.5 cm³/mol. The van der Waals surface area contributed by atoms with Crippen molar-refractivity contribution in [3.63, 3.8) is 0 Å². The average molecular weight is 114 g/mol. The van der Waals surface area contributed by atoms with Gasteiger partial charge in [-0.15, -0.1) is 0 Å². The second kappa shape index (κ2) is 1.55. The molecule has 0 saturated heterocycles. The highest BCUT2D eigenvalue weighted by molar-refractivity contribution is 5.85. The van der Waals surface area contributed by atoms with Crippen LogP contribution in [0.25, 0.3) is 0 Å². The minimum Gasteiger partial charge on any atom is -0.382 e. The minimum absolute atomic E-state index is 0.0799. The molecule has 2 heteroatoms. The molecule has 0 atom stereocenters. The Hall–Kier alpha value is -0.370. The number of carbonyl (C=O) groups excluding carboxylic acids is 1. The lowest BCUT2D eigenvalue weighted by Crippen LogP contribution is -2.43. The van der Waals surface area contributed by atoms with Crippen LogP contribution in [0.2, 0.25) is 0 Å². The van der Waals surface area contributed by atoms with Gasteiger partial charge in [-0.05, 0) is 26.2 Å². The third kappa shape index (κ3) is 0.650. The first-order valence-corrected chi connectivity index (χ1v) is 2.88. The van der Waals surface area contributed by atoms with Crippen LogP contribution in [-0.2, 0) is 4.79 Å². The van der Waals surface area contributed by atoms with Crippen molar-refractivity contribution >= 4 is 5.78 Å². The van der Waals surface area contributed by atoms with Gasteiger partial charge in [-0.2, -0.15) is 0 Å². The molecule has 1 fully saturated rings. The molecular formula is C6H10O2.